The van der Waals surface area contributed by atoms with Gasteiger partial charge < -0.3 is 11.1 Å². The number of benzene rings is 1. The maximum Gasteiger partial charge on any atom is 0.259 e. The summed E-state index contributed by atoms with van der Waals surface area (Å²) in [4.78, 5) is 20.3. The molecule has 1 saturated carbocycles. The average molecular weight is 342 g/mol. The fraction of sp³-hybridized carbons (Fsp3) is 0.167. The van der Waals surface area contributed by atoms with E-state index in [1.807, 2.05) is 0 Å². The van der Waals surface area contributed by atoms with Gasteiger partial charge >= 0.3 is 0 Å². The predicted octanol–water partition coefficient (Wildman–Crippen LogP) is 2.90. The molecule has 0 spiro atoms. The second kappa shape index (κ2) is 6.80. The molecule has 0 radical (unpaired) electrons. The number of carbonyl (C=O) groups excluding carboxylic acids is 1. The summed E-state index contributed by atoms with van der Waals surface area (Å²) < 4.78 is 25.8. The van der Waals surface area contributed by atoms with Gasteiger partial charge in [-0.05, 0) is 55.3 Å². The van der Waals surface area contributed by atoms with Crippen LogP contribution in [0, 0.1) is 11.6 Å². The summed E-state index contributed by atoms with van der Waals surface area (Å²) in [6.07, 6.45) is 5.25. The van der Waals surface area contributed by atoms with E-state index in [1.165, 1.54) is 36.5 Å². The first-order valence-corrected chi connectivity index (χ1v) is 7.69. The van der Waals surface area contributed by atoms with Crippen molar-refractivity contribution in [1.82, 2.24) is 4.98 Å². The number of rotatable bonds is 5. The third-order valence-electron chi connectivity index (χ3n) is 3.96. The number of halogens is 2. The molecule has 3 N–H and O–H groups in total. The van der Waals surface area contributed by atoms with Gasteiger partial charge in [-0.15, -0.1) is 0 Å². The van der Waals surface area contributed by atoms with E-state index in [0.29, 0.717) is 24.2 Å². The van der Waals surface area contributed by atoms with Gasteiger partial charge in [-0.2, -0.15) is 4.99 Å². The Hall–Kier alpha value is -3.09. The number of amidine groups is 1. The van der Waals surface area contributed by atoms with Crippen molar-refractivity contribution < 1.29 is 13.6 Å². The van der Waals surface area contributed by atoms with Crippen LogP contribution in [0.1, 0.15) is 18.5 Å². The van der Waals surface area contributed by atoms with Gasteiger partial charge in [0.15, 0.2) is 0 Å². The molecule has 0 bridgehead atoms. The summed E-state index contributed by atoms with van der Waals surface area (Å²) in [5, 5.41) is 2.89. The Kier molecular flexibility index (Phi) is 4.56. The molecule has 0 aliphatic heterocycles. The minimum atomic E-state index is -0.795. The zero-order valence-electron chi connectivity index (χ0n) is 13.2. The SMILES string of the molecule is NC(/C=C\Nc1ccc(F)cc1)=NC(=O)C1(c2ccc(F)cn2)CC1. The summed E-state index contributed by atoms with van der Waals surface area (Å²) >= 11 is 0. The number of hydrogen-bond donors (Lipinski definition) is 2. The maximum absolute atomic E-state index is 13.0. The standard InChI is InChI=1S/C18H16F2N4O/c19-12-1-4-14(5-2-12)22-10-7-16(21)24-17(25)18(8-9-18)15-6-3-13(20)11-23-15/h1-7,10-11,22H,8-9H2,(H2,21,24,25)/b10-7-. The fourth-order valence-electron chi connectivity index (χ4n) is 2.39. The molecule has 0 saturated heterocycles. The Morgan fingerprint density at radius 3 is 2.44 bits per heavy atom. The number of nitrogens with zero attached hydrogens (tertiary/aromatic N) is 2. The molecule has 128 valence electrons. The number of carbonyl (C=O) groups is 1. The van der Waals surface area contributed by atoms with Gasteiger partial charge in [0.05, 0.1) is 17.3 Å². The van der Waals surface area contributed by atoms with Crippen molar-refractivity contribution in [3.63, 3.8) is 0 Å². The van der Waals surface area contributed by atoms with Gasteiger partial charge in [-0.25, -0.2) is 8.78 Å². The molecule has 1 aliphatic carbocycles. The van der Waals surface area contributed by atoms with Crippen LogP contribution in [-0.2, 0) is 10.2 Å². The summed E-state index contributed by atoms with van der Waals surface area (Å²) in [5.74, 6) is -1.14. The van der Waals surface area contributed by atoms with Gasteiger partial charge in [0.2, 0.25) is 0 Å². The summed E-state index contributed by atoms with van der Waals surface area (Å²) in [7, 11) is 0. The highest BCUT2D eigenvalue weighted by atomic mass is 19.1. The lowest BCUT2D eigenvalue weighted by Crippen LogP contribution is -2.23. The molecule has 25 heavy (non-hydrogen) atoms. The Labute approximate surface area is 143 Å². The van der Waals surface area contributed by atoms with Crippen molar-refractivity contribution in [1.29, 1.82) is 0 Å². The molecule has 5 nitrogen and oxygen atoms in total. The first-order valence-electron chi connectivity index (χ1n) is 7.69. The zero-order valence-corrected chi connectivity index (χ0v) is 13.2. The summed E-state index contributed by atoms with van der Waals surface area (Å²) in [6, 6.07) is 8.55. The third-order valence-corrected chi connectivity index (χ3v) is 3.96. The first kappa shape index (κ1) is 16.8. The molecule has 0 atom stereocenters. The van der Waals surface area contributed by atoms with Crippen LogP contribution in [-0.4, -0.2) is 16.7 Å². The zero-order chi connectivity index (χ0) is 17.9. The quantitative estimate of drug-likeness (QED) is 0.647. The number of amides is 1. The highest BCUT2D eigenvalue weighted by molar-refractivity contribution is 6.04. The minimum Gasteiger partial charge on any atom is -0.384 e. The molecule has 1 aromatic carbocycles. The monoisotopic (exact) mass is 342 g/mol. The van der Waals surface area contributed by atoms with Gasteiger partial charge in [0, 0.05) is 11.9 Å². The van der Waals surface area contributed by atoms with Crippen LogP contribution in [0.15, 0.2) is 59.9 Å². The number of aromatic nitrogens is 1. The van der Waals surface area contributed by atoms with Gasteiger partial charge in [-0.1, -0.05) is 0 Å². The smallest absolute Gasteiger partial charge is 0.259 e. The topological polar surface area (TPSA) is 80.4 Å². The van der Waals surface area contributed by atoms with Gasteiger partial charge in [0.25, 0.3) is 5.91 Å². The van der Waals surface area contributed by atoms with Crippen molar-refractivity contribution in [3.05, 3.63) is 72.2 Å². The van der Waals surface area contributed by atoms with Gasteiger partial charge in [-0.3, -0.25) is 9.78 Å². The molecular weight excluding hydrogens is 326 g/mol. The number of nitrogens with one attached hydrogen (secondary N) is 1. The molecule has 1 aromatic heterocycles. The van der Waals surface area contributed by atoms with Gasteiger partial charge in [0.1, 0.15) is 17.5 Å². The largest absolute Gasteiger partial charge is 0.384 e. The van der Waals surface area contributed by atoms with Crippen LogP contribution >= 0.6 is 0 Å². The molecule has 7 heteroatoms. The van der Waals surface area contributed by atoms with E-state index in [4.69, 9.17) is 5.73 Å². The van der Waals surface area contributed by atoms with Crippen LogP contribution in [0.25, 0.3) is 0 Å². The van der Waals surface area contributed by atoms with Crippen LogP contribution in [0.5, 0.6) is 0 Å². The van der Waals surface area contributed by atoms with E-state index in [0.717, 1.165) is 6.20 Å². The van der Waals surface area contributed by atoms with Crippen LogP contribution < -0.4 is 11.1 Å². The highest BCUT2D eigenvalue weighted by Crippen LogP contribution is 2.48. The Bertz CT molecular complexity index is 825. The normalized spacial score (nSPS) is 16.0. The highest BCUT2D eigenvalue weighted by Gasteiger charge is 2.52. The van der Waals surface area contributed by atoms with Crippen molar-refractivity contribution in [3.8, 4) is 0 Å². The molecule has 1 amide bonds. The number of pyridine rings is 1. The average Bonchev–Trinajstić information content (AvgIpc) is 3.39. The lowest BCUT2D eigenvalue weighted by Gasteiger charge is -2.10. The lowest BCUT2D eigenvalue weighted by molar-refractivity contribution is -0.120. The lowest BCUT2D eigenvalue weighted by atomic mass is 10.0. The molecule has 3 rings (SSSR count). The van der Waals surface area contributed by atoms with E-state index in [2.05, 4.69) is 15.3 Å². The Morgan fingerprint density at radius 1 is 1.16 bits per heavy atom. The third kappa shape index (κ3) is 3.88. The van der Waals surface area contributed by atoms with Crippen molar-refractivity contribution >= 4 is 17.4 Å². The molecule has 2 aromatic rings. The minimum absolute atomic E-state index is 0.0352. The molecular formula is C18H16F2N4O. The molecule has 0 unspecified atom stereocenters. The fourth-order valence-corrected chi connectivity index (χ4v) is 2.39. The molecule has 1 fully saturated rings. The Morgan fingerprint density at radius 2 is 1.84 bits per heavy atom. The van der Waals surface area contributed by atoms with E-state index in [9.17, 15) is 13.6 Å². The van der Waals surface area contributed by atoms with Crippen LogP contribution in [0.2, 0.25) is 0 Å². The second-order valence-corrected chi connectivity index (χ2v) is 5.77. The van der Waals surface area contributed by atoms with E-state index >= 15 is 0 Å². The first-order chi connectivity index (χ1) is 12.0. The van der Waals surface area contributed by atoms with E-state index in [1.54, 1.807) is 12.1 Å². The van der Waals surface area contributed by atoms with E-state index < -0.39 is 17.1 Å². The predicted molar refractivity (Wildman–Crippen MR) is 90.9 cm³/mol. The van der Waals surface area contributed by atoms with Crippen molar-refractivity contribution in [2.75, 3.05) is 5.32 Å². The number of hydrogen-bond acceptors (Lipinski definition) is 3. The second-order valence-electron chi connectivity index (χ2n) is 5.77. The number of aliphatic imine (C=N–C) groups is 1. The summed E-state index contributed by atoms with van der Waals surface area (Å²) in [5.41, 5.74) is 6.13. The van der Waals surface area contributed by atoms with E-state index in [-0.39, 0.29) is 11.7 Å². The Balaban J connectivity index is 1.65. The van der Waals surface area contributed by atoms with Crippen LogP contribution in [0.3, 0.4) is 0 Å². The number of anilines is 1. The van der Waals surface area contributed by atoms with Crippen molar-refractivity contribution in [2.45, 2.75) is 18.3 Å². The maximum atomic E-state index is 13.0. The van der Waals surface area contributed by atoms with Crippen LogP contribution in [0.4, 0.5) is 14.5 Å². The van der Waals surface area contributed by atoms with Crippen molar-refractivity contribution in [2.24, 2.45) is 10.7 Å². The summed E-state index contributed by atoms with van der Waals surface area (Å²) in [6.45, 7) is 0. The molecule has 1 heterocycles. The number of nitrogens with two attached hydrogens (primary N) is 1. The molecule has 1 aliphatic rings.